The molecule has 0 saturated carbocycles. The van der Waals surface area contributed by atoms with Gasteiger partial charge in [-0.25, -0.2) is 0 Å². The van der Waals surface area contributed by atoms with Gasteiger partial charge in [0.2, 0.25) is 0 Å². The molecule has 1 aromatic rings. The Morgan fingerprint density at radius 3 is 2.21 bits per heavy atom. The number of anilines is 1. The van der Waals surface area contributed by atoms with Gasteiger partial charge in [-0.3, -0.25) is 9.78 Å². The van der Waals surface area contributed by atoms with Crippen LogP contribution in [0.1, 0.15) is 43.7 Å². The van der Waals surface area contributed by atoms with Crippen molar-refractivity contribution in [1.82, 2.24) is 9.88 Å². The molecule has 1 heterocycles. The zero-order valence-corrected chi connectivity index (χ0v) is 12.6. The standard InChI is InChI=1S/C15H25N3O/c1-10(2)8-18(9-11(3)4)15(19)13-7-17-12(5)6-14(13)16/h6-7,10-11H,8-9H2,1-5H3,(H2,16,17). The van der Waals surface area contributed by atoms with E-state index in [0.717, 1.165) is 18.8 Å². The van der Waals surface area contributed by atoms with Crippen LogP contribution in [0.2, 0.25) is 0 Å². The molecule has 0 bridgehead atoms. The molecule has 0 atom stereocenters. The SMILES string of the molecule is Cc1cc(N)c(C(=O)N(CC(C)C)CC(C)C)cn1. The van der Waals surface area contributed by atoms with E-state index in [1.54, 1.807) is 12.3 Å². The van der Waals surface area contributed by atoms with E-state index >= 15 is 0 Å². The van der Waals surface area contributed by atoms with Gasteiger partial charge in [0.05, 0.1) is 5.56 Å². The summed E-state index contributed by atoms with van der Waals surface area (Å²) >= 11 is 0. The van der Waals surface area contributed by atoms with E-state index in [9.17, 15) is 4.79 Å². The Balaban J connectivity index is 2.97. The Morgan fingerprint density at radius 2 is 1.79 bits per heavy atom. The van der Waals surface area contributed by atoms with E-state index in [4.69, 9.17) is 5.73 Å². The highest BCUT2D eigenvalue weighted by Crippen LogP contribution is 2.16. The van der Waals surface area contributed by atoms with E-state index in [-0.39, 0.29) is 5.91 Å². The minimum atomic E-state index is -0.0209. The molecule has 4 nitrogen and oxygen atoms in total. The lowest BCUT2D eigenvalue weighted by Gasteiger charge is -2.26. The van der Waals surface area contributed by atoms with Gasteiger partial charge in [-0.05, 0) is 24.8 Å². The molecule has 1 rings (SSSR count). The third-order valence-electron chi connectivity index (χ3n) is 2.76. The Morgan fingerprint density at radius 1 is 1.26 bits per heavy atom. The quantitative estimate of drug-likeness (QED) is 0.888. The van der Waals surface area contributed by atoms with Crippen molar-refractivity contribution in [1.29, 1.82) is 0 Å². The average molecular weight is 263 g/mol. The maximum atomic E-state index is 12.6. The molecule has 2 N–H and O–H groups in total. The number of nitrogens with zero attached hydrogens (tertiary/aromatic N) is 2. The van der Waals surface area contributed by atoms with E-state index in [1.807, 2.05) is 11.8 Å². The van der Waals surface area contributed by atoms with Gasteiger partial charge in [0, 0.05) is 30.7 Å². The molecule has 0 radical (unpaired) electrons. The number of carbonyl (C=O) groups excluding carboxylic acids is 1. The van der Waals surface area contributed by atoms with E-state index in [0.29, 0.717) is 23.1 Å². The minimum absolute atomic E-state index is 0.0209. The van der Waals surface area contributed by atoms with Crippen LogP contribution in [-0.2, 0) is 0 Å². The number of aryl methyl sites for hydroxylation is 1. The summed E-state index contributed by atoms with van der Waals surface area (Å²) < 4.78 is 0. The first-order valence-corrected chi connectivity index (χ1v) is 6.82. The summed E-state index contributed by atoms with van der Waals surface area (Å²) in [5.41, 5.74) is 7.78. The minimum Gasteiger partial charge on any atom is -0.398 e. The summed E-state index contributed by atoms with van der Waals surface area (Å²) in [6.45, 7) is 11.8. The fraction of sp³-hybridized carbons (Fsp3) is 0.600. The lowest BCUT2D eigenvalue weighted by atomic mass is 10.1. The molecule has 0 aliphatic rings. The number of rotatable bonds is 5. The van der Waals surface area contributed by atoms with Crippen molar-refractivity contribution in [2.24, 2.45) is 11.8 Å². The van der Waals surface area contributed by atoms with E-state index in [1.165, 1.54) is 0 Å². The summed E-state index contributed by atoms with van der Waals surface area (Å²) in [4.78, 5) is 18.6. The Bertz CT molecular complexity index is 431. The third-order valence-corrected chi connectivity index (χ3v) is 2.76. The van der Waals surface area contributed by atoms with Gasteiger partial charge in [0.25, 0.3) is 5.91 Å². The largest absolute Gasteiger partial charge is 0.398 e. The van der Waals surface area contributed by atoms with E-state index < -0.39 is 0 Å². The molecule has 0 saturated heterocycles. The first-order chi connectivity index (χ1) is 8.81. The van der Waals surface area contributed by atoms with Crippen molar-refractivity contribution in [3.63, 3.8) is 0 Å². The first-order valence-electron chi connectivity index (χ1n) is 6.82. The van der Waals surface area contributed by atoms with Gasteiger partial charge in [-0.1, -0.05) is 27.7 Å². The fourth-order valence-corrected chi connectivity index (χ4v) is 2.05. The van der Waals surface area contributed by atoms with Crippen LogP contribution in [0.5, 0.6) is 0 Å². The third kappa shape index (κ3) is 4.54. The molecule has 0 fully saturated rings. The molecule has 0 aromatic carbocycles. The first kappa shape index (κ1) is 15.5. The maximum absolute atomic E-state index is 12.6. The number of amides is 1. The second-order valence-electron chi connectivity index (χ2n) is 5.91. The van der Waals surface area contributed by atoms with Gasteiger partial charge in [-0.2, -0.15) is 0 Å². The van der Waals surface area contributed by atoms with Gasteiger partial charge < -0.3 is 10.6 Å². The molecule has 0 aliphatic heterocycles. The van der Waals surface area contributed by atoms with E-state index in [2.05, 4.69) is 32.7 Å². The van der Waals surface area contributed by atoms with Crippen LogP contribution in [0.3, 0.4) is 0 Å². The fourth-order valence-electron chi connectivity index (χ4n) is 2.05. The van der Waals surface area contributed by atoms with Gasteiger partial charge in [-0.15, -0.1) is 0 Å². The normalized spacial score (nSPS) is 11.1. The molecule has 0 aliphatic carbocycles. The van der Waals surface area contributed by atoms with Crippen LogP contribution in [0.15, 0.2) is 12.3 Å². The zero-order chi connectivity index (χ0) is 14.6. The molecule has 1 aromatic heterocycles. The summed E-state index contributed by atoms with van der Waals surface area (Å²) in [6, 6.07) is 1.75. The average Bonchev–Trinajstić information content (AvgIpc) is 2.26. The number of hydrogen-bond donors (Lipinski definition) is 1. The Kier molecular flexibility index (Phi) is 5.33. The summed E-state index contributed by atoms with van der Waals surface area (Å²) in [6.07, 6.45) is 1.58. The summed E-state index contributed by atoms with van der Waals surface area (Å²) in [7, 11) is 0. The molecule has 19 heavy (non-hydrogen) atoms. The molecule has 0 unspecified atom stereocenters. The van der Waals surface area contributed by atoms with Crippen molar-refractivity contribution < 1.29 is 4.79 Å². The zero-order valence-electron chi connectivity index (χ0n) is 12.6. The summed E-state index contributed by atoms with van der Waals surface area (Å²) in [5, 5.41) is 0. The second kappa shape index (κ2) is 6.55. The molecule has 106 valence electrons. The van der Waals surface area contributed by atoms with Crippen LogP contribution in [0.4, 0.5) is 5.69 Å². The number of aromatic nitrogens is 1. The van der Waals surface area contributed by atoms with Crippen molar-refractivity contribution in [2.75, 3.05) is 18.8 Å². The number of hydrogen-bond acceptors (Lipinski definition) is 3. The lowest BCUT2D eigenvalue weighted by Crippen LogP contribution is -2.37. The number of nitrogens with two attached hydrogens (primary N) is 1. The van der Waals surface area contributed by atoms with Crippen molar-refractivity contribution in [2.45, 2.75) is 34.6 Å². The molecule has 0 spiro atoms. The van der Waals surface area contributed by atoms with Crippen LogP contribution in [-0.4, -0.2) is 28.9 Å². The molecule has 4 heteroatoms. The van der Waals surface area contributed by atoms with Crippen LogP contribution in [0, 0.1) is 18.8 Å². The number of nitrogen functional groups attached to an aromatic ring is 1. The highest BCUT2D eigenvalue weighted by molar-refractivity contribution is 5.98. The topological polar surface area (TPSA) is 59.2 Å². The van der Waals surface area contributed by atoms with Crippen LogP contribution < -0.4 is 5.73 Å². The maximum Gasteiger partial charge on any atom is 0.257 e. The number of pyridine rings is 1. The smallest absolute Gasteiger partial charge is 0.257 e. The highest BCUT2D eigenvalue weighted by atomic mass is 16.2. The van der Waals surface area contributed by atoms with Gasteiger partial charge >= 0.3 is 0 Å². The molecule has 1 amide bonds. The molecular formula is C15H25N3O. The summed E-state index contributed by atoms with van der Waals surface area (Å²) in [5.74, 6) is 0.845. The van der Waals surface area contributed by atoms with Crippen LogP contribution >= 0.6 is 0 Å². The second-order valence-corrected chi connectivity index (χ2v) is 5.91. The predicted octanol–water partition coefficient (Wildman–Crippen LogP) is 2.73. The van der Waals surface area contributed by atoms with Gasteiger partial charge in [0.1, 0.15) is 0 Å². The Labute approximate surface area is 116 Å². The Hall–Kier alpha value is -1.58. The van der Waals surface area contributed by atoms with Crippen LogP contribution in [0.25, 0.3) is 0 Å². The number of carbonyl (C=O) groups is 1. The van der Waals surface area contributed by atoms with Crippen molar-refractivity contribution >= 4 is 11.6 Å². The predicted molar refractivity (Wildman–Crippen MR) is 79.0 cm³/mol. The van der Waals surface area contributed by atoms with Crippen molar-refractivity contribution in [3.05, 3.63) is 23.5 Å². The monoisotopic (exact) mass is 263 g/mol. The molecular weight excluding hydrogens is 238 g/mol. The van der Waals surface area contributed by atoms with Crippen molar-refractivity contribution in [3.8, 4) is 0 Å². The lowest BCUT2D eigenvalue weighted by molar-refractivity contribution is 0.0716. The highest BCUT2D eigenvalue weighted by Gasteiger charge is 2.20. The van der Waals surface area contributed by atoms with Gasteiger partial charge in [0.15, 0.2) is 0 Å².